The van der Waals surface area contributed by atoms with E-state index in [9.17, 15) is 4.79 Å². The largest absolute Gasteiger partial charge is 0.497 e. The number of amides is 1. The number of halogens is 1. The fourth-order valence-electron chi connectivity index (χ4n) is 3.52. The lowest BCUT2D eigenvalue weighted by Crippen LogP contribution is -2.48. The number of carbonyl (C=O) groups excluding carboxylic acids is 1. The molecule has 0 radical (unpaired) electrons. The Labute approximate surface area is 182 Å². The molecule has 0 unspecified atom stereocenters. The number of carbonyl (C=O) groups is 1. The standard InChI is InChI=1S/C22H28ClN3O4/c1-28-18-5-7-20(29-2)16(12-18)14-25-8-10-26(11-9-25)15-22(27)24-19-13-17(23)4-6-21(19)30-3/h4-7,12-13H,8-11,14-15H2,1-3H3,(H,24,27). The highest BCUT2D eigenvalue weighted by atomic mass is 35.5. The number of hydrogen-bond acceptors (Lipinski definition) is 6. The van der Waals surface area contributed by atoms with Crippen LogP contribution in [0.25, 0.3) is 0 Å². The second kappa shape index (κ2) is 10.5. The van der Waals surface area contributed by atoms with Gasteiger partial charge in [-0.3, -0.25) is 14.6 Å². The number of ether oxygens (including phenoxy) is 3. The molecule has 3 rings (SSSR count). The summed E-state index contributed by atoms with van der Waals surface area (Å²) >= 11 is 6.03. The number of hydrogen-bond donors (Lipinski definition) is 1. The summed E-state index contributed by atoms with van der Waals surface area (Å²) in [6.07, 6.45) is 0. The number of nitrogens with zero attached hydrogens (tertiary/aromatic N) is 2. The molecule has 0 spiro atoms. The molecule has 1 amide bonds. The smallest absolute Gasteiger partial charge is 0.238 e. The molecule has 2 aromatic rings. The Morgan fingerprint density at radius 3 is 2.27 bits per heavy atom. The maximum absolute atomic E-state index is 12.5. The van der Waals surface area contributed by atoms with Gasteiger partial charge in [-0.15, -0.1) is 0 Å². The highest BCUT2D eigenvalue weighted by Gasteiger charge is 2.21. The summed E-state index contributed by atoms with van der Waals surface area (Å²) in [5.41, 5.74) is 1.68. The maximum atomic E-state index is 12.5. The van der Waals surface area contributed by atoms with Crippen LogP contribution in [0.1, 0.15) is 5.56 Å². The fraction of sp³-hybridized carbons (Fsp3) is 0.409. The zero-order chi connectivity index (χ0) is 21.5. The SMILES string of the molecule is COc1ccc(OC)c(CN2CCN(CC(=O)Nc3cc(Cl)ccc3OC)CC2)c1. The van der Waals surface area contributed by atoms with Crippen molar-refractivity contribution in [3.05, 3.63) is 47.0 Å². The van der Waals surface area contributed by atoms with Gasteiger partial charge in [0.1, 0.15) is 17.2 Å². The van der Waals surface area contributed by atoms with Gasteiger partial charge in [0.05, 0.1) is 33.6 Å². The average Bonchev–Trinajstić information content (AvgIpc) is 2.75. The lowest BCUT2D eigenvalue weighted by molar-refractivity contribution is -0.117. The molecule has 2 aromatic carbocycles. The summed E-state index contributed by atoms with van der Waals surface area (Å²) < 4.78 is 16.1. The van der Waals surface area contributed by atoms with E-state index in [1.54, 1.807) is 39.5 Å². The van der Waals surface area contributed by atoms with Crippen LogP contribution in [0.15, 0.2) is 36.4 Å². The molecule has 0 bridgehead atoms. The van der Waals surface area contributed by atoms with E-state index >= 15 is 0 Å². The van der Waals surface area contributed by atoms with E-state index < -0.39 is 0 Å². The summed E-state index contributed by atoms with van der Waals surface area (Å²) in [5.74, 6) is 2.17. The van der Waals surface area contributed by atoms with Crippen molar-refractivity contribution in [1.82, 2.24) is 9.80 Å². The second-order valence-electron chi connectivity index (χ2n) is 7.12. The lowest BCUT2D eigenvalue weighted by atomic mass is 10.1. The van der Waals surface area contributed by atoms with E-state index in [0.29, 0.717) is 23.0 Å². The van der Waals surface area contributed by atoms with Gasteiger partial charge < -0.3 is 19.5 Å². The van der Waals surface area contributed by atoms with Gasteiger partial charge in [-0.05, 0) is 36.4 Å². The molecule has 0 atom stereocenters. The Bertz CT molecular complexity index is 869. The first-order valence-corrected chi connectivity index (χ1v) is 10.2. The molecule has 1 N–H and O–H groups in total. The molecule has 1 aliphatic rings. The molecule has 1 fully saturated rings. The van der Waals surface area contributed by atoms with Crippen LogP contribution >= 0.6 is 11.6 Å². The summed E-state index contributed by atoms with van der Waals surface area (Å²) in [5, 5.41) is 3.44. The second-order valence-corrected chi connectivity index (χ2v) is 7.56. The number of benzene rings is 2. The van der Waals surface area contributed by atoms with Gasteiger partial charge >= 0.3 is 0 Å². The summed E-state index contributed by atoms with van der Waals surface area (Å²) in [6, 6.07) is 11.0. The Morgan fingerprint density at radius 1 is 0.933 bits per heavy atom. The molecule has 162 valence electrons. The van der Waals surface area contributed by atoms with E-state index in [1.807, 2.05) is 18.2 Å². The highest BCUT2D eigenvalue weighted by molar-refractivity contribution is 6.31. The van der Waals surface area contributed by atoms with Crippen LogP contribution in [0.3, 0.4) is 0 Å². The molecule has 0 saturated carbocycles. The normalized spacial score (nSPS) is 14.9. The van der Waals surface area contributed by atoms with Crippen LogP contribution in [-0.4, -0.2) is 69.8 Å². The van der Waals surface area contributed by atoms with Gasteiger partial charge in [0.25, 0.3) is 0 Å². The van der Waals surface area contributed by atoms with Crippen LogP contribution < -0.4 is 19.5 Å². The van der Waals surface area contributed by atoms with Crippen LogP contribution in [0, 0.1) is 0 Å². The number of rotatable bonds is 8. The van der Waals surface area contributed by atoms with Gasteiger partial charge in [0, 0.05) is 43.3 Å². The van der Waals surface area contributed by atoms with E-state index in [-0.39, 0.29) is 5.91 Å². The molecular formula is C22H28ClN3O4. The molecule has 1 heterocycles. The van der Waals surface area contributed by atoms with E-state index in [4.69, 9.17) is 25.8 Å². The Morgan fingerprint density at radius 2 is 1.60 bits per heavy atom. The molecular weight excluding hydrogens is 406 g/mol. The minimum Gasteiger partial charge on any atom is -0.497 e. The van der Waals surface area contributed by atoms with Gasteiger partial charge in [-0.25, -0.2) is 0 Å². The number of methoxy groups -OCH3 is 3. The van der Waals surface area contributed by atoms with Crippen LogP contribution in [0.4, 0.5) is 5.69 Å². The quantitative estimate of drug-likeness (QED) is 0.690. The zero-order valence-corrected chi connectivity index (χ0v) is 18.4. The van der Waals surface area contributed by atoms with Crippen LogP contribution in [-0.2, 0) is 11.3 Å². The van der Waals surface area contributed by atoms with Crippen molar-refractivity contribution < 1.29 is 19.0 Å². The molecule has 0 aliphatic carbocycles. The van der Waals surface area contributed by atoms with Crippen molar-refractivity contribution in [1.29, 1.82) is 0 Å². The average molecular weight is 434 g/mol. The first-order chi connectivity index (χ1) is 14.5. The fourth-order valence-corrected chi connectivity index (χ4v) is 3.69. The minimum atomic E-state index is -0.0847. The summed E-state index contributed by atoms with van der Waals surface area (Å²) in [7, 11) is 4.90. The van der Waals surface area contributed by atoms with Crippen molar-refractivity contribution in [3.63, 3.8) is 0 Å². The van der Waals surface area contributed by atoms with Crippen molar-refractivity contribution in [2.24, 2.45) is 0 Å². The van der Waals surface area contributed by atoms with Gasteiger partial charge in [-0.2, -0.15) is 0 Å². The molecule has 0 aromatic heterocycles. The van der Waals surface area contributed by atoms with Gasteiger partial charge in [-0.1, -0.05) is 11.6 Å². The third-order valence-electron chi connectivity index (χ3n) is 5.15. The minimum absolute atomic E-state index is 0.0847. The molecule has 1 aliphatic heterocycles. The number of anilines is 1. The topological polar surface area (TPSA) is 63.3 Å². The lowest BCUT2D eigenvalue weighted by Gasteiger charge is -2.34. The molecule has 1 saturated heterocycles. The van der Waals surface area contributed by atoms with Crippen molar-refractivity contribution in [2.45, 2.75) is 6.54 Å². The van der Waals surface area contributed by atoms with E-state index in [0.717, 1.165) is 49.8 Å². The van der Waals surface area contributed by atoms with Crippen molar-refractivity contribution in [2.75, 3.05) is 59.4 Å². The molecule has 7 nitrogen and oxygen atoms in total. The zero-order valence-electron chi connectivity index (χ0n) is 17.6. The number of nitrogens with one attached hydrogen (secondary N) is 1. The first kappa shape index (κ1) is 22.2. The number of piperazine rings is 1. The predicted octanol–water partition coefficient (Wildman–Crippen LogP) is 3.12. The third kappa shape index (κ3) is 5.78. The van der Waals surface area contributed by atoms with Crippen molar-refractivity contribution in [3.8, 4) is 17.2 Å². The first-order valence-electron chi connectivity index (χ1n) is 9.81. The Kier molecular flexibility index (Phi) is 7.79. The van der Waals surface area contributed by atoms with Gasteiger partial charge in [0.2, 0.25) is 5.91 Å². The molecule has 30 heavy (non-hydrogen) atoms. The maximum Gasteiger partial charge on any atom is 0.238 e. The third-order valence-corrected chi connectivity index (χ3v) is 5.38. The summed E-state index contributed by atoms with van der Waals surface area (Å²) in [4.78, 5) is 17.0. The highest BCUT2D eigenvalue weighted by Crippen LogP contribution is 2.28. The van der Waals surface area contributed by atoms with Crippen LogP contribution in [0.5, 0.6) is 17.2 Å². The van der Waals surface area contributed by atoms with Crippen molar-refractivity contribution >= 4 is 23.2 Å². The van der Waals surface area contributed by atoms with Gasteiger partial charge in [0.15, 0.2) is 0 Å². The Balaban J connectivity index is 1.51. The van der Waals surface area contributed by atoms with E-state index in [1.165, 1.54) is 0 Å². The predicted molar refractivity (Wildman–Crippen MR) is 118 cm³/mol. The summed E-state index contributed by atoms with van der Waals surface area (Å²) in [6.45, 7) is 4.47. The molecule has 8 heteroatoms. The Hall–Kier alpha value is -2.48. The van der Waals surface area contributed by atoms with Crippen LogP contribution in [0.2, 0.25) is 5.02 Å². The van der Waals surface area contributed by atoms with E-state index in [2.05, 4.69) is 15.1 Å². The monoisotopic (exact) mass is 433 g/mol.